The zero-order valence-corrected chi connectivity index (χ0v) is 10.4. The molecule has 1 aromatic carbocycles. The van der Waals surface area contributed by atoms with Gasteiger partial charge in [0.2, 0.25) is 0 Å². The Bertz CT molecular complexity index is 428. The molecular formula is C13H18N4. The largest absolute Gasteiger partial charge is 0.388 e. The Balaban J connectivity index is 2.23. The van der Waals surface area contributed by atoms with E-state index in [2.05, 4.69) is 28.2 Å². The van der Waals surface area contributed by atoms with Crippen LogP contribution in [0.25, 0.3) is 0 Å². The molecule has 4 nitrogen and oxygen atoms in total. The van der Waals surface area contributed by atoms with E-state index in [1.54, 1.807) is 0 Å². The smallest absolute Gasteiger partial charge is 0.101 e. The minimum absolute atomic E-state index is 0.751. The van der Waals surface area contributed by atoms with E-state index in [0.717, 1.165) is 43.1 Å². The molecule has 0 bridgehead atoms. The van der Waals surface area contributed by atoms with Gasteiger partial charge in [-0.05, 0) is 25.2 Å². The molecule has 0 aliphatic carbocycles. The van der Waals surface area contributed by atoms with Crippen LogP contribution < -0.4 is 10.2 Å². The van der Waals surface area contributed by atoms with Crippen molar-refractivity contribution in [1.82, 2.24) is 4.90 Å². The fourth-order valence-corrected chi connectivity index (χ4v) is 2.10. The molecule has 0 atom stereocenters. The van der Waals surface area contributed by atoms with Gasteiger partial charge in [-0.15, -0.1) is 0 Å². The van der Waals surface area contributed by atoms with Crippen LogP contribution in [0.3, 0.4) is 0 Å². The first-order chi connectivity index (χ1) is 8.24. The fourth-order valence-electron chi connectivity index (χ4n) is 2.10. The zero-order chi connectivity index (χ0) is 12.3. The molecule has 0 amide bonds. The molecule has 1 fully saturated rings. The predicted molar refractivity (Wildman–Crippen MR) is 70.4 cm³/mol. The van der Waals surface area contributed by atoms with E-state index in [1.165, 1.54) is 0 Å². The van der Waals surface area contributed by atoms with Gasteiger partial charge in [-0.1, -0.05) is 0 Å². The van der Waals surface area contributed by atoms with Gasteiger partial charge in [-0.25, -0.2) is 0 Å². The molecule has 0 radical (unpaired) electrons. The number of nitrogens with zero attached hydrogens (tertiary/aromatic N) is 3. The van der Waals surface area contributed by atoms with Gasteiger partial charge < -0.3 is 15.1 Å². The molecule has 17 heavy (non-hydrogen) atoms. The number of hydrogen-bond donors (Lipinski definition) is 1. The van der Waals surface area contributed by atoms with E-state index in [1.807, 2.05) is 25.2 Å². The first-order valence-electron chi connectivity index (χ1n) is 5.90. The van der Waals surface area contributed by atoms with E-state index in [-0.39, 0.29) is 0 Å². The first kappa shape index (κ1) is 11.7. The molecule has 1 aromatic rings. The molecule has 0 aromatic heterocycles. The molecule has 1 heterocycles. The van der Waals surface area contributed by atoms with Crippen molar-refractivity contribution >= 4 is 11.4 Å². The van der Waals surface area contributed by atoms with Gasteiger partial charge in [0.1, 0.15) is 6.07 Å². The molecule has 1 aliphatic heterocycles. The molecule has 1 saturated heterocycles. The third-order valence-electron chi connectivity index (χ3n) is 3.25. The Morgan fingerprint density at radius 1 is 1.24 bits per heavy atom. The molecule has 4 heteroatoms. The summed E-state index contributed by atoms with van der Waals surface area (Å²) < 4.78 is 0. The normalized spacial score (nSPS) is 16.6. The Labute approximate surface area is 102 Å². The molecule has 1 aliphatic rings. The van der Waals surface area contributed by atoms with Gasteiger partial charge >= 0.3 is 0 Å². The summed E-state index contributed by atoms with van der Waals surface area (Å²) in [5.41, 5.74) is 2.79. The summed E-state index contributed by atoms with van der Waals surface area (Å²) in [6.07, 6.45) is 0. The standard InChI is InChI=1S/C13H18N4/c1-15-12-3-4-13(11(9-12)10-14)17-7-5-16(2)6-8-17/h3-4,9,15H,5-8H2,1-2H3. The van der Waals surface area contributed by atoms with Gasteiger partial charge in [0.15, 0.2) is 0 Å². The molecule has 0 spiro atoms. The fraction of sp³-hybridized carbons (Fsp3) is 0.462. The van der Waals surface area contributed by atoms with Crippen molar-refractivity contribution in [3.63, 3.8) is 0 Å². The lowest BCUT2D eigenvalue weighted by Crippen LogP contribution is -2.44. The second kappa shape index (κ2) is 5.07. The SMILES string of the molecule is CNc1ccc(N2CCN(C)CC2)c(C#N)c1. The van der Waals surface area contributed by atoms with Crippen LogP contribution in [0.5, 0.6) is 0 Å². The quantitative estimate of drug-likeness (QED) is 0.833. The lowest BCUT2D eigenvalue weighted by atomic mass is 10.1. The van der Waals surface area contributed by atoms with Crippen molar-refractivity contribution in [2.75, 3.05) is 50.5 Å². The Kier molecular flexibility index (Phi) is 3.50. The van der Waals surface area contributed by atoms with Crippen molar-refractivity contribution in [3.8, 4) is 6.07 Å². The van der Waals surface area contributed by atoms with Gasteiger partial charge in [-0.3, -0.25) is 0 Å². The molecular weight excluding hydrogens is 212 g/mol. The highest BCUT2D eigenvalue weighted by molar-refractivity contribution is 5.65. The maximum atomic E-state index is 9.21. The Hall–Kier alpha value is -1.73. The number of piperazine rings is 1. The summed E-state index contributed by atoms with van der Waals surface area (Å²) >= 11 is 0. The number of likely N-dealkylation sites (N-methyl/N-ethyl adjacent to an activating group) is 1. The number of anilines is 2. The molecule has 0 saturated carbocycles. The van der Waals surface area contributed by atoms with Gasteiger partial charge in [0.25, 0.3) is 0 Å². The average molecular weight is 230 g/mol. The topological polar surface area (TPSA) is 42.3 Å². The summed E-state index contributed by atoms with van der Waals surface area (Å²) in [6.45, 7) is 4.09. The van der Waals surface area contributed by atoms with Crippen LogP contribution in [0.1, 0.15) is 5.56 Å². The molecule has 0 unspecified atom stereocenters. The van der Waals surface area contributed by atoms with Crippen molar-refractivity contribution in [2.45, 2.75) is 0 Å². The monoisotopic (exact) mass is 230 g/mol. The van der Waals surface area contributed by atoms with Crippen LogP contribution in [0.4, 0.5) is 11.4 Å². The van der Waals surface area contributed by atoms with Crippen LogP contribution >= 0.6 is 0 Å². The Morgan fingerprint density at radius 2 is 1.94 bits per heavy atom. The third-order valence-corrected chi connectivity index (χ3v) is 3.25. The minimum Gasteiger partial charge on any atom is -0.388 e. The number of nitriles is 1. The summed E-state index contributed by atoms with van der Waals surface area (Å²) in [5, 5.41) is 12.3. The number of benzene rings is 1. The summed E-state index contributed by atoms with van der Waals surface area (Å²) in [5.74, 6) is 0. The van der Waals surface area contributed by atoms with E-state index < -0.39 is 0 Å². The second-order valence-electron chi connectivity index (χ2n) is 4.38. The number of rotatable bonds is 2. The summed E-state index contributed by atoms with van der Waals surface area (Å²) in [6, 6.07) is 8.25. The van der Waals surface area contributed by atoms with Crippen LogP contribution in [-0.2, 0) is 0 Å². The summed E-state index contributed by atoms with van der Waals surface area (Å²) in [7, 11) is 4.00. The Morgan fingerprint density at radius 3 is 2.53 bits per heavy atom. The molecule has 1 N–H and O–H groups in total. The van der Waals surface area contributed by atoms with Crippen LogP contribution in [0.2, 0.25) is 0 Å². The third kappa shape index (κ3) is 2.51. The lowest BCUT2D eigenvalue weighted by molar-refractivity contribution is 0.313. The van der Waals surface area contributed by atoms with Gasteiger partial charge in [0.05, 0.1) is 11.3 Å². The lowest BCUT2D eigenvalue weighted by Gasteiger charge is -2.34. The van der Waals surface area contributed by atoms with Crippen LogP contribution in [0, 0.1) is 11.3 Å². The maximum absolute atomic E-state index is 9.21. The van der Waals surface area contributed by atoms with E-state index in [9.17, 15) is 5.26 Å². The predicted octanol–water partition coefficient (Wildman–Crippen LogP) is 1.35. The molecule has 2 rings (SSSR count). The van der Waals surface area contributed by atoms with Crippen LogP contribution in [-0.4, -0.2) is 45.2 Å². The minimum atomic E-state index is 0.751. The van der Waals surface area contributed by atoms with E-state index >= 15 is 0 Å². The second-order valence-corrected chi connectivity index (χ2v) is 4.38. The first-order valence-corrected chi connectivity index (χ1v) is 5.90. The van der Waals surface area contributed by atoms with Crippen LogP contribution in [0.15, 0.2) is 18.2 Å². The highest BCUT2D eigenvalue weighted by Crippen LogP contribution is 2.24. The van der Waals surface area contributed by atoms with Gasteiger partial charge in [0, 0.05) is 38.9 Å². The molecule has 90 valence electrons. The van der Waals surface area contributed by atoms with Crippen molar-refractivity contribution in [2.24, 2.45) is 0 Å². The van der Waals surface area contributed by atoms with Crippen molar-refractivity contribution in [3.05, 3.63) is 23.8 Å². The van der Waals surface area contributed by atoms with Gasteiger partial charge in [-0.2, -0.15) is 5.26 Å². The zero-order valence-electron chi connectivity index (χ0n) is 10.4. The number of hydrogen-bond acceptors (Lipinski definition) is 4. The highest BCUT2D eigenvalue weighted by Gasteiger charge is 2.16. The maximum Gasteiger partial charge on any atom is 0.101 e. The highest BCUT2D eigenvalue weighted by atomic mass is 15.2. The summed E-state index contributed by atoms with van der Waals surface area (Å²) in [4.78, 5) is 4.60. The number of nitrogens with one attached hydrogen (secondary N) is 1. The van der Waals surface area contributed by atoms with Crippen molar-refractivity contribution < 1.29 is 0 Å². The van der Waals surface area contributed by atoms with E-state index in [4.69, 9.17) is 0 Å². The average Bonchev–Trinajstić information content (AvgIpc) is 2.39. The van der Waals surface area contributed by atoms with E-state index in [0.29, 0.717) is 0 Å². The van der Waals surface area contributed by atoms with Crippen molar-refractivity contribution in [1.29, 1.82) is 5.26 Å².